The summed E-state index contributed by atoms with van der Waals surface area (Å²) in [7, 11) is 0. The third-order valence-electron chi connectivity index (χ3n) is 4.62. The topological polar surface area (TPSA) is 90.1 Å². The number of hydrogen-bond donors (Lipinski definition) is 3. The van der Waals surface area contributed by atoms with E-state index < -0.39 is 0 Å². The molecule has 1 aromatic carbocycles. The number of H-pyrrole nitrogens is 1. The summed E-state index contributed by atoms with van der Waals surface area (Å²) in [6, 6.07) is 11.6. The molecule has 2 aromatic heterocycles. The number of anilines is 2. The summed E-state index contributed by atoms with van der Waals surface area (Å²) in [5.74, 6) is 0.655. The Morgan fingerprint density at radius 1 is 1.30 bits per heavy atom. The van der Waals surface area contributed by atoms with Crippen LogP contribution in [0, 0.1) is 0 Å². The van der Waals surface area contributed by atoms with Crippen LogP contribution in [0.25, 0.3) is 22.2 Å². The molecule has 3 aromatic rings. The van der Waals surface area contributed by atoms with Crippen molar-refractivity contribution < 1.29 is 9.59 Å². The van der Waals surface area contributed by atoms with E-state index in [0.29, 0.717) is 12.4 Å². The third kappa shape index (κ3) is 3.48. The molecule has 0 bridgehead atoms. The highest BCUT2D eigenvalue weighted by Crippen LogP contribution is 2.35. The molecule has 0 spiro atoms. The molecule has 1 aliphatic rings. The maximum atomic E-state index is 11.7. The molecule has 2 heterocycles. The maximum absolute atomic E-state index is 11.7. The molecule has 1 fully saturated rings. The first-order valence-electron chi connectivity index (χ1n) is 9.06. The molecular weight excluding hydrogens is 342 g/mol. The van der Waals surface area contributed by atoms with Gasteiger partial charge in [0.2, 0.25) is 6.41 Å². The van der Waals surface area contributed by atoms with Gasteiger partial charge in [0.25, 0.3) is 0 Å². The second-order valence-corrected chi connectivity index (χ2v) is 6.57. The monoisotopic (exact) mass is 363 g/mol. The number of fused-ring (bicyclic) bond motifs is 1. The van der Waals surface area contributed by atoms with E-state index in [1.165, 1.54) is 0 Å². The Bertz CT molecular complexity index is 976. The molecule has 0 unspecified atom stereocenters. The highest BCUT2D eigenvalue weighted by Gasteiger charge is 2.30. The standard InChI is InChI=1S/C20H21N5O2/c1-2-21-20(27)23-14-5-3-13(4-6-14)17-11-18(25(12-26)15-7-8-15)24-19-16(17)9-10-22-19/h3-6,9-12,15H,2,7-8H2,1H3,(H,22,24)(H2,21,23,27). The van der Waals surface area contributed by atoms with E-state index in [1.54, 1.807) is 4.90 Å². The van der Waals surface area contributed by atoms with E-state index in [4.69, 9.17) is 0 Å². The lowest BCUT2D eigenvalue weighted by Gasteiger charge is -2.17. The fraction of sp³-hybridized carbons (Fsp3) is 0.250. The van der Waals surface area contributed by atoms with Crippen molar-refractivity contribution in [3.05, 3.63) is 42.6 Å². The number of aromatic amines is 1. The zero-order chi connectivity index (χ0) is 18.8. The van der Waals surface area contributed by atoms with Gasteiger partial charge in [0.15, 0.2) is 0 Å². The summed E-state index contributed by atoms with van der Waals surface area (Å²) in [6.07, 6.45) is 4.73. The van der Waals surface area contributed by atoms with Crippen LogP contribution < -0.4 is 15.5 Å². The van der Waals surface area contributed by atoms with Crippen molar-refractivity contribution in [2.75, 3.05) is 16.8 Å². The lowest BCUT2D eigenvalue weighted by Crippen LogP contribution is -2.28. The molecule has 3 N–H and O–H groups in total. The van der Waals surface area contributed by atoms with Crippen molar-refractivity contribution in [3.8, 4) is 11.1 Å². The average molecular weight is 363 g/mol. The van der Waals surface area contributed by atoms with Gasteiger partial charge in [-0.2, -0.15) is 0 Å². The molecular formula is C20H21N5O2. The Hall–Kier alpha value is -3.35. The van der Waals surface area contributed by atoms with Gasteiger partial charge in [0.05, 0.1) is 0 Å². The molecule has 0 atom stereocenters. The number of amides is 3. The van der Waals surface area contributed by atoms with Gasteiger partial charge >= 0.3 is 6.03 Å². The summed E-state index contributed by atoms with van der Waals surface area (Å²) in [6.45, 7) is 2.44. The van der Waals surface area contributed by atoms with Crippen LogP contribution in [-0.4, -0.2) is 35.0 Å². The van der Waals surface area contributed by atoms with Gasteiger partial charge in [-0.25, -0.2) is 9.78 Å². The molecule has 3 amide bonds. The van der Waals surface area contributed by atoms with Crippen molar-refractivity contribution in [1.82, 2.24) is 15.3 Å². The predicted molar refractivity (Wildman–Crippen MR) is 106 cm³/mol. The van der Waals surface area contributed by atoms with Crippen molar-refractivity contribution in [2.24, 2.45) is 0 Å². The molecule has 7 nitrogen and oxygen atoms in total. The van der Waals surface area contributed by atoms with Crippen LogP contribution in [0.4, 0.5) is 16.3 Å². The number of aromatic nitrogens is 2. The first-order valence-corrected chi connectivity index (χ1v) is 9.06. The number of nitrogens with zero attached hydrogens (tertiary/aromatic N) is 2. The Morgan fingerprint density at radius 3 is 2.74 bits per heavy atom. The first kappa shape index (κ1) is 17.1. The van der Waals surface area contributed by atoms with Crippen LogP contribution in [0.1, 0.15) is 19.8 Å². The maximum Gasteiger partial charge on any atom is 0.319 e. The molecule has 0 aliphatic heterocycles. The third-order valence-corrected chi connectivity index (χ3v) is 4.62. The second kappa shape index (κ2) is 7.11. The van der Waals surface area contributed by atoms with Crippen LogP contribution in [0.2, 0.25) is 0 Å². The number of carbonyl (C=O) groups excluding carboxylic acids is 2. The van der Waals surface area contributed by atoms with Gasteiger partial charge in [-0.05, 0) is 55.2 Å². The van der Waals surface area contributed by atoms with E-state index in [-0.39, 0.29) is 12.1 Å². The Kier molecular flexibility index (Phi) is 4.50. The minimum absolute atomic E-state index is 0.226. The summed E-state index contributed by atoms with van der Waals surface area (Å²) < 4.78 is 0. The molecule has 4 rings (SSSR count). The lowest BCUT2D eigenvalue weighted by molar-refractivity contribution is -0.107. The van der Waals surface area contributed by atoms with Gasteiger partial charge in [-0.3, -0.25) is 9.69 Å². The second-order valence-electron chi connectivity index (χ2n) is 6.57. The van der Waals surface area contributed by atoms with E-state index in [9.17, 15) is 9.59 Å². The van der Waals surface area contributed by atoms with E-state index >= 15 is 0 Å². The normalized spacial score (nSPS) is 13.4. The largest absolute Gasteiger partial charge is 0.346 e. The molecule has 1 saturated carbocycles. The number of pyridine rings is 1. The minimum atomic E-state index is -0.226. The Labute approximate surface area is 156 Å². The van der Waals surface area contributed by atoms with E-state index in [2.05, 4.69) is 20.6 Å². The number of rotatable bonds is 6. The predicted octanol–water partition coefficient (Wildman–Crippen LogP) is 3.50. The van der Waals surface area contributed by atoms with Gasteiger partial charge in [0, 0.05) is 29.9 Å². The van der Waals surface area contributed by atoms with Crippen molar-refractivity contribution >= 4 is 35.0 Å². The summed E-state index contributed by atoms with van der Waals surface area (Å²) >= 11 is 0. The number of hydrogen-bond acceptors (Lipinski definition) is 3. The Balaban J connectivity index is 1.69. The smallest absolute Gasteiger partial charge is 0.319 e. The molecule has 138 valence electrons. The van der Waals surface area contributed by atoms with Gasteiger partial charge in [0.1, 0.15) is 11.5 Å². The number of nitrogens with one attached hydrogen (secondary N) is 3. The quantitative estimate of drug-likeness (QED) is 0.586. The molecule has 7 heteroatoms. The van der Waals surface area contributed by atoms with Crippen molar-refractivity contribution in [2.45, 2.75) is 25.8 Å². The molecule has 0 saturated heterocycles. The van der Waals surface area contributed by atoms with Crippen molar-refractivity contribution in [3.63, 3.8) is 0 Å². The highest BCUT2D eigenvalue weighted by atomic mass is 16.2. The fourth-order valence-corrected chi connectivity index (χ4v) is 3.14. The first-order chi connectivity index (χ1) is 13.2. The van der Waals surface area contributed by atoms with Crippen LogP contribution in [0.3, 0.4) is 0 Å². The van der Waals surface area contributed by atoms with E-state index in [0.717, 1.165) is 47.1 Å². The van der Waals surface area contributed by atoms with Crippen LogP contribution in [-0.2, 0) is 4.79 Å². The average Bonchev–Trinajstić information content (AvgIpc) is 3.38. The Morgan fingerprint density at radius 2 is 2.07 bits per heavy atom. The SMILES string of the molecule is CCNC(=O)Nc1ccc(-c2cc(N(C=O)C3CC3)nc3[nH]ccc23)cc1. The zero-order valence-corrected chi connectivity index (χ0v) is 15.0. The summed E-state index contributed by atoms with van der Waals surface area (Å²) in [5, 5.41) is 6.49. The molecule has 0 radical (unpaired) electrons. The zero-order valence-electron chi connectivity index (χ0n) is 15.0. The van der Waals surface area contributed by atoms with Crippen molar-refractivity contribution in [1.29, 1.82) is 0 Å². The number of urea groups is 1. The summed E-state index contributed by atoms with van der Waals surface area (Å²) in [5.41, 5.74) is 3.45. The molecule has 27 heavy (non-hydrogen) atoms. The van der Waals surface area contributed by atoms with Crippen LogP contribution in [0.15, 0.2) is 42.6 Å². The van der Waals surface area contributed by atoms with Crippen LogP contribution >= 0.6 is 0 Å². The summed E-state index contributed by atoms with van der Waals surface area (Å²) in [4.78, 5) is 32.6. The van der Waals surface area contributed by atoms with Gasteiger partial charge in [-0.1, -0.05) is 12.1 Å². The van der Waals surface area contributed by atoms with Gasteiger partial charge in [-0.15, -0.1) is 0 Å². The molecule has 1 aliphatic carbocycles. The lowest BCUT2D eigenvalue weighted by atomic mass is 10.0. The van der Waals surface area contributed by atoms with Gasteiger partial charge < -0.3 is 15.6 Å². The number of benzene rings is 1. The number of carbonyl (C=O) groups is 2. The minimum Gasteiger partial charge on any atom is -0.346 e. The fourth-order valence-electron chi connectivity index (χ4n) is 3.14. The highest BCUT2D eigenvalue weighted by molar-refractivity contribution is 5.96. The van der Waals surface area contributed by atoms with Crippen LogP contribution in [0.5, 0.6) is 0 Å². The van der Waals surface area contributed by atoms with E-state index in [1.807, 2.05) is 49.5 Å².